The number of hydrogen-bond acceptors (Lipinski definition) is 5. The summed E-state index contributed by atoms with van der Waals surface area (Å²) in [6.45, 7) is 0. The second kappa shape index (κ2) is 7.36. The van der Waals surface area contributed by atoms with Crippen molar-refractivity contribution in [2.45, 2.75) is 6.04 Å². The van der Waals surface area contributed by atoms with Crippen LogP contribution in [-0.4, -0.2) is 21.3 Å². The molecule has 2 aromatic carbocycles. The van der Waals surface area contributed by atoms with Crippen LogP contribution in [0.25, 0.3) is 0 Å². The first-order valence-electron chi connectivity index (χ1n) is 6.84. The van der Waals surface area contributed by atoms with Gasteiger partial charge >= 0.3 is 0 Å². The van der Waals surface area contributed by atoms with Gasteiger partial charge in [0.15, 0.2) is 11.5 Å². The molecule has 2 rings (SSSR count). The summed E-state index contributed by atoms with van der Waals surface area (Å²) in [4.78, 5) is 0. The minimum absolute atomic E-state index is 0.336. The maximum absolute atomic E-state index is 13.0. The summed E-state index contributed by atoms with van der Waals surface area (Å²) < 4.78 is 28.8. The lowest BCUT2D eigenvalue weighted by Gasteiger charge is -2.18. The maximum Gasteiger partial charge on any atom is 0.203 e. The van der Waals surface area contributed by atoms with Crippen LogP contribution in [0.5, 0.6) is 17.2 Å². The highest BCUT2D eigenvalue weighted by Gasteiger charge is 2.18. The van der Waals surface area contributed by atoms with Gasteiger partial charge in [0.1, 0.15) is 11.9 Å². The highest BCUT2D eigenvalue weighted by molar-refractivity contribution is 5.57. The summed E-state index contributed by atoms with van der Waals surface area (Å²) in [5.41, 5.74) is 1.28. The molecular formula is C17H17FN2O3. The van der Waals surface area contributed by atoms with Gasteiger partial charge in [-0.15, -0.1) is 0 Å². The summed E-state index contributed by atoms with van der Waals surface area (Å²) in [5, 5.41) is 12.5. The number of ether oxygens (including phenoxy) is 3. The molecule has 1 N–H and O–H groups in total. The van der Waals surface area contributed by atoms with E-state index in [-0.39, 0.29) is 5.82 Å². The molecular weight excluding hydrogens is 299 g/mol. The normalized spacial score (nSPS) is 11.3. The monoisotopic (exact) mass is 316 g/mol. The van der Waals surface area contributed by atoms with Crippen molar-refractivity contribution < 1.29 is 18.6 Å². The first-order valence-corrected chi connectivity index (χ1v) is 6.84. The van der Waals surface area contributed by atoms with Crippen molar-refractivity contribution >= 4 is 5.69 Å². The number of nitrogens with zero attached hydrogens (tertiary/aromatic N) is 1. The predicted octanol–water partition coefficient (Wildman–Crippen LogP) is 3.53. The van der Waals surface area contributed by atoms with Crippen molar-refractivity contribution in [2.24, 2.45) is 0 Å². The molecule has 1 atom stereocenters. The van der Waals surface area contributed by atoms with Crippen LogP contribution in [0.2, 0.25) is 0 Å². The highest BCUT2D eigenvalue weighted by Crippen LogP contribution is 2.40. The third-order valence-electron chi connectivity index (χ3n) is 3.30. The fourth-order valence-corrected chi connectivity index (χ4v) is 2.17. The van der Waals surface area contributed by atoms with Gasteiger partial charge in [-0.25, -0.2) is 4.39 Å². The SMILES string of the molecule is COc1cc(C(C#N)Nc2ccc(F)cc2)cc(OC)c1OC. The average Bonchev–Trinajstić information content (AvgIpc) is 2.59. The van der Waals surface area contributed by atoms with E-state index in [1.165, 1.54) is 33.5 Å². The molecule has 0 saturated heterocycles. The molecule has 6 heteroatoms. The van der Waals surface area contributed by atoms with E-state index in [0.29, 0.717) is 28.5 Å². The van der Waals surface area contributed by atoms with E-state index in [9.17, 15) is 9.65 Å². The predicted molar refractivity (Wildman–Crippen MR) is 84.5 cm³/mol. The fourth-order valence-electron chi connectivity index (χ4n) is 2.17. The Morgan fingerprint density at radius 3 is 2.00 bits per heavy atom. The molecule has 23 heavy (non-hydrogen) atoms. The van der Waals surface area contributed by atoms with E-state index in [4.69, 9.17) is 14.2 Å². The average molecular weight is 316 g/mol. The van der Waals surface area contributed by atoms with Gasteiger partial charge in [0, 0.05) is 5.69 Å². The van der Waals surface area contributed by atoms with Crippen molar-refractivity contribution in [3.63, 3.8) is 0 Å². The van der Waals surface area contributed by atoms with Crippen molar-refractivity contribution in [1.29, 1.82) is 5.26 Å². The Morgan fingerprint density at radius 1 is 1.00 bits per heavy atom. The molecule has 0 amide bonds. The topological polar surface area (TPSA) is 63.5 Å². The van der Waals surface area contributed by atoms with E-state index in [1.807, 2.05) is 0 Å². The second-order valence-corrected chi connectivity index (χ2v) is 4.67. The fraction of sp³-hybridized carbons (Fsp3) is 0.235. The number of anilines is 1. The number of methoxy groups -OCH3 is 3. The summed E-state index contributed by atoms with van der Waals surface area (Å²) in [6.07, 6.45) is 0. The van der Waals surface area contributed by atoms with Gasteiger partial charge in [-0.05, 0) is 42.0 Å². The van der Waals surface area contributed by atoms with Gasteiger partial charge < -0.3 is 19.5 Å². The summed E-state index contributed by atoms with van der Waals surface area (Å²) >= 11 is 0. The lowest BCUT2D eigenvalue weighted by atomic mass is 10.1. The highest BCUT2D eigenvalue weighted by atomic mass is 19.1. The first-order chi connectivity index (χ1) is 11.1. The molecule has 0 bridgehead atoms. The van der Waals surface area contributed by atoms with Crippen LogP contribution in [0.3, 0.4) is 0 Å². The van der Waals surface area contributed by atoms with Crippen LogP contribution < -0.4 is 19.5 Å². The third kappa shape index (κ3) is 3.64. The van der Waals surface area contributed by atoms with Gasteiger partial charge in [0.2, 0.25) is 5.75 Å². The van der Waals surface area contributed by atoms with Crippen LogP contribution in [0.4, 0.5) is 10.1 Å². The van der Waals surface area contributed by atoms with Crippen molar-refractivity contribution in [3.8, 4) is 23.3 Å². The molecule has 0 fully saturated rings. The largest absolute Gasteiger partial charge is 0.493 e. The van der Waals surface area contributed by atoms with E-state index < -0.39 is 6.04 Å². The Morgan fingerprint density at radius 2 is 1.57 bits per heavy atom. The van der Waals surface area contributed by atoms with Crippen molar-refractivity contribution in [1.82, 2.24) is 0 Å². The third-order valence-corrected chi connectivity index (χ3v) is 3.30. The molecule has 0 heterocycles. The molecule has 1 unspecified atom stereocenters. The molecule has 5 nitrogen and oxygen atoms in total. The Balaban J connectivity index is 2.37. The molecule has 2 aromatic rings. The number of halogens is 1. The van der Waals surface area contributed by atoms with E-state index >= 15 is 0 Å². The van der Waals surface area contributed by atoms with Gasteiger partial charge in [-0.1, -0.05) is 0 Å². The Kier molecular flexibility index (Phi) is 5.26. The van der Waals surface area contributed by atoms with Crippen LogP contribution >= 0.6 is 0 Å². The molecule has 0 spiro atoms. The van der Waals surface area contributed by atoms with Crippen LogP contribution in [0, 0.1) is 17.1 Å². The molecule has 0 aliphatic carbocycles. The van der Waals surface area contributed by atoms with Gasteiger partial charge in [-0.2, -0.15) is 5.26 Å². The van der Waals surface area contributed by atoms with Gasteiger partial charge in [0.25, 0.3) is 0 Å². The van der Waals surface area contributed by atoms with Crippen molar-refractivity contribution in [3.05, 3.63) is 47.8 Å². The zero-order valence-electron chi connectivity index (χ0n) is 13.1. The quantitative estimate of drug-likeness (QED) is 0.883. The zero-order valence-corrected chi connectivity index (χ0v) is 13.1. The molecule has 0 saturated carbocycles. The van der Waals surface area contributed by atoms with Crippen molar-refractivity contribution in [2.75, 3.05) is 26.6 Å². The summed E-state index contributed by atoms with van der Waals surface area (Å²) in [6, 6.07) is 10.7. The summed E-state index contributed by atoms with van der Waals surface area (Å²) in [7, 11) is 4.53. The number of hydrogen-bond donors (Lipinski definition) is 1. The lowest BCUT2D eigenvalue weighted by Crippen LogP contribution is -2.09. The smallest absolute Gasteiger partial charge is 0.203 e. The molecule has 0 aliphatic rings. The standard InChI is InChI=1S/C17H17FN2O3/c1-21-15-8-11(9-16(22-2)17(15)23-3)14(10-19)20-13-6-4-12(18)5-7-13/h4-9,14,20H,1-3H3. The number of nitriles is 1. The summed E-state index contributed by atoms with van der Waals surface area (Å²) in [5.74, 6) is 1.04. The maximum atomic E-state index is 13.0. The first kappa shape index (κ1) is 16.4. The number of rotatable bonds is 6. The van der Waals surface area contributed by atoms with E-state index in [1.54, 1.807) is 24.3 Å². The minimum Gasteiger partial charge on any atom is -0.493 e. The Bertz CT molecular complexity index is 686. The van der Waals surface area contributed by atoms with Gasteiger partial charge in [-0.3, -0.25) is 0 Å². The molecule has 0 aliphatic heterocycles. The van der Waals surface area contributed by atoms with Crippen LogP contribution in [0.15, 0.2) is 36.4 Å². The Labute approximate surface area is 134 Å². The van der Waals surface area contributed by atoms with E-state index in [2.05, 4.69) is 11.4 Å². The van der Waals surface area contributed by atoms with Crippen LogP contribution in [0.1, 0.15) is 11.6 Å². The zero-order chi connectivity index (χ0) is 16.8. The number of benzene rings is 2. The minimum atomic E-state index is -0.658. The lowest BCUT2D eigenvalue weighted by molar-refractivity contribution is 0.323. The molecule has 0 radical (unpaired) electrons. The van der Waals surface area contributed by atoms with Gasteiger partial charge in [0.05, 0.1) is 27.4 Å². The molecule has 0 aromatic heterocycles. The molecule has 120 valence electrons. The Hall–Kier alpha value is -2.94. The van der Waals surface area contributed by atoms with E-state index in [0.717, 1.165) is 0 Å². The van der Waals surface area contributed by atoms with Crippen LogP contribution in [-0.2, 0) is 0 Å². The number of nitrogens with one attached hydrogen (secondary N) is 1. The second-order valence-electron chi connectivity index (χ2n) is 4.67.